The van der Waals surface area contributed by atoms with Crippen LogP contribution in [0.25, 0.3) is 11.3 Å². The maximum Gasteiger partial charge on any atom is 0.358 e. The summed E-state index contributed by atoms with van der Waals surface area (Å²) in [4.78, 5) is 11.0. The Kier molecular flexibility index (Phi) is 3.29. The van der Waals surface area contributed by atoms with Gasteiger partial charge in [0.15, 0.2) is 21.3 Å². The van der Waals surface area contributed by atoms with E-state index in [1.165, 1.54) is 12.1 Å². The van der Waals surface area contributed by atoms with Crippen molar-refractivity contribution in [1.82, 2.24) is 5.16 Å². The second kappa shape index (κ2) is 5.00. The molecule has 0 saturated heterocycles. The van der Waals surface area contributed by atoms with E-state index in [4.69, 9.17) is 9.63 Å². The van der Waals surface area contributed by atoms with Gasteiger partial charge in [-0.05, 0) is 25.0 Å². The zero-order valence-electron chi connectivity index (χ0n) is 11.0. The van der Waals surface area contributed by atoms with Crippen LogP contribution in [0.3, 0.4) is 0 Å². The van der Waals surface area contributed by atoms with Gasteiger partial charge in [-0.2, -0.15) is 0 Å². The topological polar surface area (TPSA) is 97.5 Å². The Bertz CT molecular complexity index is 789. The van der Waals surface area contributed by atoms with E-state index in [-0.39, 0.29) is 21.6 Å². The largest absolute Gasteiger partial charge is 0.476 e. The van der Waals surface area contributed by atoms with Gasteiger partial charge in [-0.25, -0.2) is 13.2 Å². The van der Waals surface area contributed by atoms with Gasteiger partial charge >= 0.3 is 5.97 Å². The number of carboxylic acids is 1. The number of hydrogen-bond donors (Lipinski definition) is 1. The second-order valence-corrected chi connectivity index (χ2v) is 7.17. The number of rotatable bonds is 4. The molecule has 1 saturated carbocycles. The van der Waals surface area contributed by atoms with E-state index in [0.29, 0.717) is 18.4 Å². The molecule has 0 unspecified atom stereocenters. The number of benzene rings is 1. The summed E-state index contributed by atoms with van der Waals surface area (Å²) in [5, 5.41) is 11.9. The molecule has 0 aliphatic heterocycles. The van der Waals surface area contributed by atoms with Gasteiger partial charge < -0.3 is 9.63 Å². The maximum absolute atomic E-state index is 12.6. The first-order valence-electron chi connectivity index (χ1n) is 6.53. The highest BCUT2D eigenvalue weighted by molar-refractivity contribution is 7.92. The minimum Gasteiger partial charge on any atom is -0.476 e. The number of aromatic nitrogens is 1. The van der Waals surface area contributed by atoms with Gasteiger partial charge in [-0.3, -0.25) is 0 Å². The molecule has 6 nitrogen and oxygen atoms in total. The van der Waals surface area contributed by atoms with E-state index >= 15 is 0 Å². The minimum atomic E-state index is -3.43. The molecule has 1 aliphatic carbocycles. The molecule has 3 rings (SSSR count). The highest BCUT2D eigenvalue weighted by Gasteiger charge is 2.34. The third-order valence-electron chi connectivity index (χ3n) is 3.68. The summed E-state index contributed by atoms with van der Waals surface area (Å²) < 4.78 is 30.1. The molecule has 1 aliphatic rings. The molecule has 0 amide bonds. The zero-order chi connectivity index (χ0) is 15.0. The molecular weight excluding hydrogens is 294 g/mol. The molecule has 1 aromatic carbocycles. The number of aromatic carboxylic acids is 1. The van der Waals surface area contributed by atoms with Crippen molar-refractivity contribution in [3.63, 3.8) is 0 Å². The van der Waals surface area contributed by atoms with Crippen LogP contribution in [0.2, 0.25) is 0 Å². The van der Waals surface area contributed by atoms with Gasteiger partial charge in [0.1, 0.15) is 0 Å². The molecule has 1 heterocycles. The number of hydrogen-bond acceptors (Lipinski definition) is 5. The van der Waals surface area contributed by atoms with Crippen LogP contribution in [0.4, 0.5) is 0 Å². The molecular formula is C14H13NO5S. The van der Waals surface area contributed by atoms with Crippen LogP contribution in [-0.2, 0) is 9.84 Å². The molecule has 1 aromatic heterocycles. The Balaban J connectivity index is 2.09. The van der Waals surface area contributed by atoms with E-state index in [0.717, 1.165) is 6.42 Å². The lowest BCUT2D eigenvalue weighted by atomic mass is 10.00. The Morgan fingerprint density at radius 2 is 2.00 bits per heavy atom. The number of sulfone groups is 1. The smallest absolute Gasteiger partial charge is 0.358 e. The van der Waals surface area contributed by atoms with Gasteiger partial charge in [-0.15, -0.1) is 0 Å². The summed E-state index contributed by atoms with van der Waals surface area (Å²) in [6, 6.07) is 7.67. The molecule has 21 heavy (non-hydrogen) atoms. The average molecular weight is 307 g/mol. The number of carboxylic acid groups (broad SMARTS) is 1. The molecule has 7 heteroatoms. The third kappa shape index (κ3) is 2.33. The quantitative estimate of drug-likeness (QED) is 0.931. The van der Waals surface area contributed by atoms with Crippen LogP contribution in [0.1, 0.15) is 29.8 Å². The summed E-state index contributed by atoms with van der Waals surface area (Å²) in [5.41, 5.74) is 0.102. The summed E-state index contributed by atoms with van der Waals surface area (Å²) in [7, 11) is -3.43. The van der Waals surface area contributed by atoms with Crippen molar-refractivity contribution >= 4 is 15.8 Å². The first kappa shape index (κ1) is 13.8. The third-order valence-corrected chi connectivity index (χ3v) is 6.00. The minimum absolute atomic E-state index is 0.144. The SMILES string of the molecule is O=C(O)c1cc(-c2ccccc2S(=O)(=O)C2CCC2)on1. The highest BCUT2D eigenvalue weighted by Crippen LogP contribution is 2.36. The normalized spacial score (nSPS) is 15.6. The molecule has 2 aromatic rings. The zero-order valence-corrected chi connectivity index (χ0v) is 11.8. The van der Waals surface area contributed by atoms with Crippen molar-refractivity contribution in [2.75, 3.05) is 0 Å². The monoisotopic (exact) mass is 307 g/mol. The molecule has 1 fully saturated rings. The van der Waals surface area contributed by atoms with Crippen LogP contribution in [0.5, 0.6) is 0 Å². The predicted molar refractivity (Wildman–Crippen MR) is 73.7 cm³/mol. The van der Waals surface area contributed by atoms with E-state index in [9.17, 15) is 13.2 Å². The van der Waals surface area contributed by atoms with E-state index in [1.807, 2.05) is 0 Å². The summed E-state index contributed by atoms with van der Waals surface area (Å²) >= 11 is 0. The standard InChI is InChI=1S/C14H13NO5S/c16-14(17)11-8-12(20-15-11)10-6-1-2-7-13(10)21(18,19)9-4-3-5-9/h1-2,6-9H,3-5H2,(H,16,17). The Hall–Kier alpha value is -2.15. The Labute approximate surface area is 121 Å². The van der Waals surface area contributed by atoms with Gasteiger partial charge in [0.05, 0.1) is 10.1 Å². The van der Waals surface area contributed by atoms with Crippen LogP contribution in [-0.4, -0.2) is 29.9 Å². The predicted octanol–water partition coefficient (Wildman–Crippen LogP) is 2.37. The lowest BCUT2D eigenvalue weighted by Crippen LogP contribution is -2.28. The Morgan fingerprint density at radius 3 is 2.57 bits per heavy atom. The fourth-order valence-corrected chi connectivity index (χ4v) is 4.34. The summed E-state index contributed by atoms with van der Waals surface area (Å²) in [6.07, 6.45) is 2.23. The number of nitrogens with zero attached hydrogens (tertiary/aromatic N) is 1. The van der Waals surface area contributed by atoms with Gasteiger partial charge in [0.2, 0.25) is 0 Å². The summed E-state index contributed by atoms with van der Waals surface area (Å²) in [6.45, 7) is 0. The molecule has 0 radical (unpaired) electrons. The van der Waals surface area contributed by atoms with Crippen LogP contribution in [0.15, 0.2) is 39.8 Å². The molecule has 0 spiro atoms. The molecule has 0 atom stereocenters. The summed E-state index contributed by atoms with van der Waals surface area (Å²) in [5.74, 6) is -1.07. The number of carbonyl (C=O) groups is 1. The van der Waals surface area contributed by atoms with E-state index < -0.39 is 15.8 Å². The van der Waals surface area contributed by atoms with Crippen LogP contribution in [0, 0.1) is 0 Å². The van der Waals surface area contributed by atoms with Crippen LogP contribution >= 0.6 is 0 Å². The van der Waals surface area contributed by atoms with E-state index in [1.54, 1.807) is 18.2 Å². The van der Waals surface area contributed by atoms with Crippen molar-refractivity contribution in [1.29, 1.82) is 0 Å². The lowest BCUT2D eigenvalue weighted by Gasteiger charge is -2.25. The van der Waals surface area contributed by atoms with Crippen molar-refractivity contribution < 1.29 is 22.8 Å². The molecule has 0 bridgehead atoms. The first-order chi connectivity index (χ1) is 10.00. The van der Waals surface area contributed by atoms with Crippen molar-refractivity contribution in [2.24, 2.45) is 0 Å². The Morgan fingerprint density at radius 1 is 1.29 bits per heavy atom. The first-order valence-corrected chi connectivity index (χ1v) is 8.08. The fourth-order valence-electron chi connectivity index (χ4n) is 2.28. The van der Waals surface area contributed by atoms with Crippen LogP contribution < -0.4 is 0 Å². The average Bonchev–Trinajstić information content (AvgIpc) is 2.85. The molecule has 1 N–H and O–H groups in total. The van der Waals surface area contributed by atoms with Gasteiger partial charge in [0.25, 0.3) is 0 Å². The van der Waals surface area contributed by atoms with Gasteiger partial charge in [-0.1, -0.05) is 23.7 Å². The van der Waals surface area contributed by atoms with Crippen molar-refractivity contribution in [2.45, 2.75) is 29.4 Å². The van der Waals surface area contributed by atoms with E-state index in [2.05, 4.69) is 5.16 Å². The fraction of sp³-hybridized carbons (Fsp3) is 0.286. The highest BCUT2D eigenvalue weighted by atomic mass is 32.2. The second-order valence-electron chi connectivity index (χ2n) is 4.98. The van der Waals surface area contributed by atoms with Crippen molar-refractivity contribution in [3.05, 3.63) is 36.0 Å². The maximum atomic E-state index is 12.6. The van der Waals surface area contributed by atoms with Crippen molar-refractivity contribution in [3.8, 4) is 11.3 Å². The lowest BCUT2D eigenvalue weighted by molar-refractivity contribution is 0.0686. The van der Waals surface area contributed by atoms with Gasteiger partial charge in [0, 0.05) is 11.6 Å². The molecule has 110 valence electrons.